The molecule has 1 heterocycles. The van der Waals surface area contributed by atoms with Gasteiger partial charge in [-0.3, -0.25) is 4.79 Å². The van der Waals surface area contributed by atoms with Crippen LogP contribution in [0.15, 0.2) is 0 Å². The number of esters is 1. The van der Waals surface area contributed by atoms with Crippen LogP contribution in [0.4, 0.5) is 0 Å². The average molecular weight is 250 g/mol. The van der Waals surface area contributed by atoms with Crippen molar-refractivity contribution in [2.45, 2.75) is 0 Å². The van der Waals surface area contributed by atoms with Crippen LogP contribution < -0.4 is 0 Å². The number of ether oxygens (including phenoxy) is 1. The topological polar surface area (TPSA) is 84.0 Å². The summed E-state index contributed by atoms with van der Waals surface area (Å²) in [6.45, 7) is 0.838. The first-order valence-electron chi connectivity index (χ1n) is 4.68. The van der Waals surface area contributed by atoms with E-state index >= 15 is 0 Å². The number of rotatable bonds is 1. The normalized spacial score (nSPS) is 18.2. The molecule has 0 spiro atoms. The summed E-state index contributed by atoms with van der Waals surface area (Å²) >= 11 is 0. The maximum absolute atomic E-state index is 11.4. The fourth-order valence-electron chi connectivity index (χ4n) is 1.44. The van der Waals surface area contributed by atoms with Crippen LogP contribution in [0.5, 0.6) is 0 Å². The molecule has 8 heteroatoms. The van der Waals surface area contributed by atoms with Crippen LogP contribution in [0.25, 0.3) is 0 Å². The highest BCUT2D eigenvalue weighted by Crippen LogP contribution is 2.06. The summed E-state index contributed by atoms with van der Waals surface area (Å²) in [5, 5.41) is 0. The summed E-state index contributed by atoms with van der Waals surface area (Å²) in [5.74, 6) is -1.65. The fourth-order valence-corrected chi connectivity index (χ4v) is 2.27. The van der Waals surface area contributed by atoms with Crippen molar-refractivity contribution >= 4 is 21.9 Å². The lowest BCUT2D eigenvalue weighted by Gasteiger charge is -2.32. The van der Waals surface area contributed by atoms with Gasteiger partial charge in [0, 0.05) is 26.2 Å². The maximum atomic E-state index is 11.4. The largest absolute Gasteiger partial charge is 0.462 e. The Hall–Kier alpha value is -1.15. The van der Waals surface area contributed by atoms with Crippen LogP contribution in [0.3, 0.4) is 0 Å². The lowest BCUT2D eigenvalue weighted by molar-refractivity contribution is -0.158. The lowest BCUT2D eigenvalue weighted by atomic mass is 10.3. The van der Waals surface area contributed by atoms with E-state index in [9.17, 15) is 18.0 Å². The number of hydrogen-bond donors (Lipinski definition) is 0. The van der Waals surface area contributed by atoms with Gasteiger partial charge in [0.05, 0.1) is 13.4 Å². The van der Waals surface area contributed by atoms with E-state index in [0.29, 0.717) is 0 Å². The van der Waals surface area contributed by atoms with Crippen LogP contribution in [0, 0.1) is 0 Å². The minimum Gasteiger partial charge on any atom is -0.462 e. The van der Waals surface area contributed by atoms with Gasteiger partial charge < -0.3 is 9.64 Å². The highest BCUT2D eigenvalue weighted by Gasteiger charge is 2.29. The number of amides is 1. The summed E-state index contributed by atoms with van der Waals surface area (Å²) in [4.78, 5) is 23.6. The minimum absolute atomic E-state index is 0.209. The quantitative estimate of drug-likeness (QED) is 0.407. The monoisotopic (exact) mass is 250 g/mol. The second kappa shape index (κ2) is 4.79. The van der Waals surface area contributed by atoms with Crippen LogP contribution in [0.1, 0.15) is 0 Å². The van der Waals surface area contributed by atoms with E-state index in [0.717, 1.165) is 13.4 Å². The molecular formula is C8H14N2O5S. The predicted molar refractivity (Wildman–Crippen MR) is 55.0 cm³/mol. The molecular weight excluding hydrogens is 236 g/mol. The zero-order valence-corrected chi connectivity index (χ0v) is 9.99. The Morgan fingerprint density at radius 3 is 2.00 bits per heavy atom. The van der Waals surface area contributed by atoms with Gasteiger partial charge in [-0.2, -0.15) is 4.31 Å². The van der Waals surface area contributed by atoms with Crippen LogP contribution in [-0.4, -0.2) is 69.0 Å². The summed E-state index contributed by atoms with van der Waals surface area (Å²) in [5.41, 5.74) is 0. The first-order valence-corrected chi connectivity index (χ1v) is 6.53. The number of carbonyl (C=O) groups is 2. The van der Waals surface area contributed by atoms with E-state index in [-0.39, 0.29) is 26.2 Å². The number of carbonyl (C=O) groups excluding carboxylic acids is 2. The first-order chi connectivity index (χ1) is 7.36. The van der Waals surface area contributed by atoms with E-state index in [1.54, 1.807) is 0 Å². The number of nitrogens with zero attached hydrogens (tertiary/aromatic N) is 2. The van der Waals surface area contributed by atoms with Gasteiger partial charge in [0.25, 0.3) is 0 Å². The fraction of sp³-hybridized carbons (Fsp3) is 0.750. The SMILES string of the molecule is COC(=O)C(=O)N1CCN(S(C)(=O)=O)CC1. The summed E-state index contributed by atoms with van der Waals surface area (Å²) < 4.78 is 27.9. The number of hydrogen-bond acceptors (Lipinski definition) is 5. The smallest absolute Gasteiger partial charge is 0.396 e. The van der Waals surface area contributed by atoms with Crippen LogP contribution in [-0.2, 0) is 24.3 Å². The molecule has 1 amide bonds. The molecule has 0 unspecified atom stereocenters. The Morgan fingerprint density at radius 2 is 1.62 bits per heavy atom. The zero-order chi connectivity index (χ0) is 12.3. The van der Waals surface area contributed by atoms with Crippen molar-refractivity contribution in [2.24, 2.45) is 0 Å². The number of sulfonamides is 1. The van der Waals surface area contributed by atoms with E-state index in [1.165, 1.54) is 9.21 Å². The van der Waals surface area contributed by atoms with Gasteiger partial charge in [-0.15, -0.1) is 0 Å². The Kier molecular flexibility index (Phi) is 3.87. The molecule has 1 rings (SSSR count). The molecule has 1 fully saturated rings. The van der Waals surface area contributed by atoms with Crippen LogP contribution in [0.2, 0.25) is 0 Å². The van der Waals surface area contributed by atoms with Gasteiger partial charge in [-0.25, -0.2) is 13.2 Å². The van der Waals surface area contributed by atoms with Crippen molar-refractivity contribution in [3.8, 4) is 0 Å². The molecule has 0 bridgehead atoms. The Bertz CT molecular complexity index is 383. The highest BCUT2D eigenvalue weighted by molar-refractivity contribution is 7.88. The van der Waals surface area contributed by atoms with E-state index in [2.05, 4.69) is 4.74 Å². The first kappa shape index (κ1) is 12.9. The third kappa shape index (κ3) is 2.92. The van der Waals surface area contributed by atoms with Crippen molar-refractivity contribution in [3.63, 3.8) is 0 Å². The van der Waals surface area contributed by atoms with Crippen molar-refractivity contribution in [1.29, 1.82) is 0 Å². The molecule has 7 nitrogen and oxygen atoms in total. The molecule has 0 aromatic rings. The third-order valence-corrected chi connectivity index (χ3v) is 3.66. The van der Waals surface area contributed by atoms with Gasteiger partial charge in [0.15, 0.2) is 0 Å². The van der Waals surface area contributed by atoms with Crippen molar-refractivity contribution in [3.05, 3.63) is 0 Å². The molecule has 0 aromatic carbocycles. The molecule has 0 aliphatic carbocycles. The minimum atomic E-state index is -3.22. The Labute approximate surface area is 94.0 Å². The standard InChI is InChI=1S/C8H14N2O5S/c1-15-8(12)7(11)9-3-5-10(6-4-9)16(2,13)14/h3-6H2,1-2H3. The number of methoxy groups -OCH3 is 1. The second-order valence-corrected chi connectivity index (χ2v) is 5.43. The van der Waals surface area contributed by atoms with Crippen LogP contribution >= 0.6 is 0 Å². The molecule has 16 heavy (non-hydrogen) atoms. The maximum Gasteiger partial charge on any atom is 0.396 e. The summed E-state index contributed by atoms with van der Waals surface area (Å²) in [6, 6.07) is 0. The zero-order valence-electron chi connectivity index (χ0n) is 9.17. The summed E-state index contributed by atoms with van der Waals surface area (Å²) in [7, 11) is -2.09. The molecule has 0 saturated carbocycles. The molecule has 1 saturated heterocycles. The molecule has 1 aliphatic rings. The molecule has 0 N–H and O–H groups in total. The van der Waals surface area contributed by atoms with E-state index in [1.807, 2.05) is 0 Å². The number of piperazine rings is 1. The third-order valence-electron chi connectivity index (χ3n) is 2.35. The molecule has 92 valence electrons. The molecule has 0 aromatic heterocycles. The van der Waals surface area contributed by atoms with Gasteiger partial charge in [0.1, 0.15) is 0 Å². The molecule has 0 atom stereocenters. The van der Waals surface area contributed by atoms with E-state index < -0.39 is 21.9 Å². The van der Waals surface area contributed by atoms with Gasteiger partial charge in [0.2, 0.25) is 10.0 Å². The highest BCUT2D eigenvalue weighted by atomic mass is 32.2. The van der Waals surface area contributed by atoms with Crippen molar-refractivity contribution in [1.82, 2.24) is 9.21 Å². The predicted octanol–water partition coefficient (Wildman–Crippen LogP) is -1.74. The van der Waals surface area contributed by atoms with Crippen molar-refractivity contribution < 1.29 is 22.7 Å². The second-order valence-electron chi connectivity index (χ2n) is 3.45. The molecule has 1 aliphatic heterocycles. The van der Waals surface area contributed by atoms with E-state index in [4.69, 9.17) is 0 Å². The molecule has 0 radical (unpaired) electrons. The van der Waals surface area contributed by atoms with Gasteiger partial charge in [-0.1, -0.05) is 0 Å². The average Bonchev–Trinajstić information content (AvgIpc) is 2.26. The lowest BCUT2D eigenvalue weighted by Crippen LogP contribution is -2.52. The van der Waals surface area contributed by atoms with Gasteiger partial charge in [-0.05, 0) is 0 Å². The Morgan fingerprint density at radius 1 is 1.12 bits per heavy atom. The van der Waals surface area contributed by atoms with Gasteiger partial charge >= 0.3 is 11.9 Å². The van der Waals surface area contributed by atoms with Crippen molar-refractivity contribution in [2.75, 3.05) is 39.5 Å². The Balaban J connectivity index is 2.56. The summed E-state index contributed by atoms with van der Waals surface area (Å²) in [6.07, 6.45) is 1.12.